The maximum atomic E-state index is 14.2. The van der Waals surface area contributed by atoms with Crippen molar-refractivity contribution in [3.63, 3.8) is 0 Å². The number of nitrogens with one attached hydrogen (secondary N) is 1. The van der Waals surface area contributed by atoms with E-state index in [-0.39, 0.29) is 11.9 Å². The number of hydrogen-bond acceptors (Lipinski definition) is 2. The second-order valence-electron chi connectivity index (χ2n) is 4.00. The molecule has 94 valence electrons. The Morgan fingerprint density at radius 1 is 1.65 bits per heavy atom. The molecule has 1 aromatic carbocycles. The molecule has 0 bridgehead atoms. The third-order valence-corrected chi connectivity index (χ3v) is 3.70. The van der Waals surface area contributed by atoms with Gasteiger partial charge < -0.3 is 10.1 Å². The van der Waals surface area contributed by atoms with Crippen LogP contribution in [0.25, 0.3) is 0 Å². The smallest absolute Gasteiger partial charge is 0.145 e. The van der Waals surface area contributed by atoms with Crippen LogP contribution in [0.4, 0.5) is 4.39 Å². The molecule has 0 aromatic heterocycles. The van der Waals surface area contributed by atoms with E-state index in [1.165, 1.54) is 0 Å². The molecule has 1 N–H and O–H groups in total. The van der Waals surface area contributed by atoms with E-state index in [2.05, 4.69) is 21.2 Å². The van der Waals surface area contributed by atoms with Gasteiger partial charge in [-0.15, -0.1) is 0 Å². The molecule has 1 unspecified atom stereocenters. The zero-order valence-corrected chi connectivity index (χ0v) is 11.9. The number of halogens is 3. The quantitative estimate of drug-likeness (QED) is 0.829. The van der Waals surface area contributed by atoms with Crippen LogP contribution in [-0.4, -0.2) is 13.2 Å². The van der Waals surface area contributed by atoms with Crippen LogP contribution in [0.15, 0.2) is 10.5 Å². The normalized spacial score (nSPS) is 19.4. The Labute approximate surface area is 114 Å². The fourth-order valence-electron chi connectivity index (χ4n) is 2.11. The molecular formula is C12H14BrClFNO. The lowest BCUT2D eigenvalue weighted by Gasteiger charge is -2.19. The van der Waals surface area contributed by atoms with Crippen molar-refractivity contribution in [2.75, 3.05) is 13.2 Å². The van der Waals surface area contributed by atoms with Crippen LogP contribution < -0.4 is 10.1 Å². The molecule has 0 spiro atoms. The van der Waals surface area contributed by atoms with Crippen LogP contribution in [0.5, 0.6) is 5.75 Å². The topological polar surface area (TPSA) is 21.3 Å². The van der Waals surface area contributed by atoms with Gasteiger partial charge in [-0.1, -0.05) is 18.5 Å². The molecule has 1 atom stereocenters. The lowest BCUT2D eigenvalue weighted by molar-refractivity contribution is 0.314. The van der Waals surface area contributed by atoms with Gasteiger partial charge in [0.15, 0.2) is 0 Å². The summed E-state index contributed by atoms with van der Waals surface area (Å²) in [5, 5.41) is 3.73. The predicted octanol–water partition coefficient (Wildman–Crippen LogP) is 4.06. The third kappa shape index (κ3) is 2.59. The summed E-state index contributed by atoms with van der Waals surface area (Å²) in [6.45, 7) is 3.37. The molecule has 0 saturated carbocycles. The molecule has 17 heavy (non-hydrogen) atoms. The molecule has 1 aliphatic heterocycles. The van der Waals surface area contributed by atoms with E-state index in [4.69, 9.17) is 16.3 Å². The number of fused-ring (bicyclic) bond motifs is 1. The predicted molar refractivity (Wildman–Crippen MR) is 70.3 cm³/mol. The largest absolute Gasteiger partial charge is 0.492 e. The minimum absolute atomic E-state index is 0.0347. The van der Waals surface area contributed by atoms with E-state index < -0.39 is 0 Å². The van der Waals surface area contributed by atoms with Crippen molar-refractivity contribution < 1.29 is 9.13 Å². The van der Waals surface area contributed by atoms with Crippen molar-refractivity contribution in [2.45, 2.75) is 25.8 Å². The van der Waals surface area contributed by atoms with Crippen molar-refractivity contribution >= 4 is 27.5 Å². The first-order valence-corrected chi connectivity index (χ1v) is 6.85. The maximum absolute atomic E-state index is 14.2. The molecule has 1 aliphatic rings. The number of benzene rings is 1. The highest BCUT2D eigenvalue weighted by Gasteiger charge is 2.26. The lowest BCUT2D eigenvalue weighted by atomic mass is 10.0. The molecule has 0 radical (unpaired) electrons. The third-order valence-electron chi connectivity index (χ3n) is 2.84. The van der Waals surface area contributed by atoms with Crippen LogP contribution >= 0.6 is 27.5 Å². The Balaban J connectivity index is 2.54. The van der Waals surface area contributed by atoms with Crippen molar-refractivity contribution in [3.05, 3.63) is 26.9 Å². The molecule has 0 amide bonds. The van der Waals surface area contributed by atoms with E-state index in [0.717, 1.165) is 19.4 Å². The minimum Gasteiger partial charge on any atom is -0.492 e. The SMILES string of the molecule is CCNC1CCCOc2c(Cl)cc(Br)c(F)c21. The molecule has 0 aliphatic carbocycles. The molecule has 5 heteroatoms. The minimum atomic E-state index is -0.280. The van der Waals surface area contributed by atoms with E-state index in [1.807, 2.05) is 6.92 Å². The molecule has 1 aromatic rings. The Bertz CT molecular complexity index is 427. The zero-order valence-electron chi connectivity index (χ0n) is 9.53. The Hall–Kier alpha value is -0.320. The van der Waals surface area contributed by atoms with Gasteiger partial charge in [0.05, 0.1) is 16.1 Å². The van der Waals surface area contributed by atoms with E-state index >= 15 is 0 Å². The van der Waals surface area contributed by atoms with Crippen LogP contribution in [0.3, 0.4) is 0 Å². The van der Waals surface area contributed by atoms with Crippen molar-refractivity contribution in [1.82, 2.24) is 5.32 Å². The van der Waals surface area contributed by atoms with Gasteiger partial charge in [0.2, 0.25) is 0 Å². The first-order valence-electron chi connectivity index (χ1n) is 5.68. The molecule has 0 saturated heterocycles. The number of rotatable bonds is 2. The average molecular weight is 323 g/mol. The van der Waals surface area contributed by atoms with E-state index in [9.17, 15) is 4.39 Å². The summed E-state index contributed by atoms with van der Waals surface area (Å²) in [5.74, 6) is 0.202. The molecule has 1 heterocycles. The zero-order chi connectivity index (χ0) is 12.4. The second kappa shape index (κ2) is 5.55. The summed E-state index contributed by atoms with van der Waals surface area (Å²) in [4.78, 5) is 0. The molecular weight excluding hydrogens is 308 g/mol. The Kier molecular flexibility index (Phi) is 4.28. The van der Waals surface area contributed by atoms with Crippen molar-refractivity contribution in [2.24, 2.45) is 0 Å². The van der Waals surface area contributed by atoms with Crippen LogP contribution in [0.1, 0.15) is 31.4 Å². The highest BCUT2D eigenvalue weighted by Crippen LogP contribution is 2.41. The Morgan fingerprint density at radius 3 is 3.12 bits per heavy atom. The van der Waals surface area contributed by atoms with Crippen LogP contribution in [0, 0.1) is 5.82 Å². The van der Waals surface area contributed by atoms with Crippen molar-refractivity contribution in [1.29, 1.82) is 0 Å². The van der Waals surface area contributed by atoms with Gasteiger partial charge in [-0.3, -0.25) is 0 Å². The molecule has 2 rings (SSSR count). The summed E-state index contributed by atoms with van der Waals surface area (Å²) in [7, 11) is 0. The van der Waals surface area contributed by atoms with Gasteiger partial charge in [0.25, 0.3) is 0 Å². The Morgan fingerprint density at radius 2 is 2.41 bits per heavy atom. The van der Waals surface area contributed by atoms with E-state index in [0.29, 0.717) is 27.4 Å². The summed E-state index contributed by atoms with van der Waals surface area (Å²) in [5.41, 5.74) is 0.545. The van der Waals surface area contributed by atoms with Crippen LogP contribution in [0.2, 0.25) is 5.02 Å². The van der Waals surface area contributed by atoms with E-state index in [1.54, 1.807) is 6.07 Å². The summed E-state index contributed by atoms with van der Waals surface area (Å²) in [6.07, 6.45) is 1.74. The van der Waals surface area contributed by atoms with Gasteiger partial charge >= 0.3 is 0 Å². The summed E-state index contributed by atoms with van der Waals surface area (Å²) in [6, 6.07) is 1.51. The number of hydrogen-bond donors (Lipinski definition) is 1. The standard InChI is InChI=1S/C12H14BrClFNO/c1-2-16-9-4-3-5-17-12-8(14)6-7(13)11(15)10(9)12/h6,9,16H,2-5H2,1H3. The monoisotopic (exact) mass is 321 g/mol. The number of ether oxygens (including phenoxy) is 1. The fourth-order valence-corrected chi connectivity index (χ4v) is 2.95. The maximum Gasteiger partial charge on any atom is 0.145 e. The molecule has 2 nitrogen and oxygen atoms in total. The second-order valence-corrected chi connectivity index (χ2v) is 5.26. The highest BCUT2D eigenvalue weighted by atomic mass is 79.9. The summed E-state index contributed by atoms with van der Waals surface area (Å²) < 4.78 is 20.1. The van der Waals surface area contributed by atoms with Gasteiger partial charge in [-0.2, -0.15) is 0 Å². The van der Waals surface area contributed by atoms with Gasteiger partial charge in [-0.25, -0.2) is 4.39 Å². The highest BCUT2D eigenvalue weighted by molar-refractivity contribution is 9.10. The molecule has 0 fully saturated rings. The first kappa shape index (κ1) is 13.1. The average Bonchev–Trinajstić information content (AvgIpc) is 2.50. The van der Waals surface area contributed by atoms with Gasteiger partial charge in [-0.05, 0) is 41.4 Å². The van der Waals surface area contributed by atoms with Gasteiger partial charge in [0, 0.05) is 11.6 Å². The summed E-state index contributed by atoms with van der Waals surface area (Å²) >= 11 is 9.29. The van der Waals surface area contributed by atoms with Crippen molar-refractivity contribution in [3.8, 4) is 5.75 Å². The fraction of sp³-hybridized carbons (Fsp3) is 0.500. The lowest BCUT2D eigenvalue weighted by Crippen LogP contribution is -2.21. The van der Waals surface area contributed by atoms with Gasteiger partial charge in [0.1, 0.15) is 11.6 Å². The van der Waals surface area contributed by atoms with Crippen LogP contribution in [-0.2, 0) is 0 Å². The first-order chi connectivity index (χ1) is 8.15.